The standard InChI is InChI=1S/C12H13ClF4N4O/c13-11-19-10(5-2-1-3-7(22)8(5)15)20-12(21-11)18-6(4-14)9(16)17/h6-7,9,22H,1-4H2,(H,18,19,20,21). The van der Waals surface area contributed by atoms with Crippen molar-refractivity contribution in [3.63, 3.8) is 0 Å². The summed E-state index contributed by atoms with van der Waals surface area (Å²) in [4.78, 5) is 11.1. The zero-order chi connectivity index (χ0) is 16.3. The minimum atomic E-state index is -2.98. The molecule has 0 fully saturated rings. The summed E-state index contributed by atoms with van der Waals surface area (Å²) in [5.74, 6) is -1.32. The maximum Gasteiger partial charge on any atom is 0.261 e. The Morgan fingerprint density at radius 1 is 1.32 bits per heavy atom. The van der Waals surface area contributed by atoms with Crippen molar-refractivity contribution in [1.82, 2.24) is 15.0 Å². The first-order chi connectivity index (χ1) is 10.4. The normalized spacial score (nSPS) is 20.4. The van der Waals surface area contributed by atoms with Crippen molar-refractivity contribution >= 4 is 23.1 Å². The van der Waals surface area contributed by atoms with Crippen LogP contribution in [0, 0.1) is 0 Å². The number of aromatic nitrogens is 3. The summed E-state index contributed by atoms with van der Waals surface area (Å²) in [5, 5.41) is 11.3. The number of hydrogen-bond acceptors (Lipinski definition) is 5. The van der Waals surface area contributed by atoms with Crippen molar-refractivity contribution in [3.8, 4) is 0 Å². The third kappa shape index (κ3) is 3.83. The van der Waals surface area contributed by atoms with Gasteiger partial charge in [0.25, 0.3) is 6.43 Å². The molecule has 0 saturated carbocycles. The van der Waals surface area contributed by atoms with E-state index in [0.717, 1.165) is 0 Å². The highest BCUT2D eigenvalue weighted by Crippen LogP contribution is 2.32. The number of halogens is 5. The Balaban J connectivity index is 2.33. The first-order valence-corrected chi connectivity index (χ1v) is 6.89. The molecule has 1 aliphatic carbocycles. The van der Waals surface area contributed by atoms with Gasteiger partial charge in [-0.3, -0.25) is 0 Å². The molecule has 1 aromatic rings. The molecule has 1 heterocycles. The Bertz CT molecular complexity index is 572. The van der Waals surface area contributed by atoms with Gasteiger partial charge in [-0.05, 0) is 30.9 Å². The summed E-state index contributed by atoms with van der Waals surface area (Å²) in [5.41, 5.74) is 0.0416. The zero-order valence-corrected chi connectivity index (χ0v) is 12.0. The fraction of sp³-hybridized carbons (Fsp3) is 0.583. The maximum absolute atomic E-state index is 13.9. The van der Waals surface area contributed by atoms with Gasteiger partial charge in [-0.25, -0.2) is 17.6 Å². The molecule has 0 saturated heterocycles. The van der Waals surface area contributed by atoms with Gasteiger partial charge in [-0.15, -0.1) is 0 Å². The van der Waals surface area contributed by atoms with Crippen LogP contribution in [-0.2, 0) is 0 Å². The van der Waals surface area contributed by atoms with Gasteiger partial charge in [0.15, 0.2) is 5.82 Å². The average Bonchev–Trinajstić information content (AvgIpc) is 2.46. The van der Waals surface area contributed by atoms with E-state index in [9.17, 15) is 22.7 Å². The molecule has 0 spiro atoms. The van der Waals surface area contributed by atoms with E-state index in [4.69, 9.17) is 11.6 Å². The molecule has 0 amide bonds. The summed E-state index contributed by atoms with van der Waals surface area (Å²) in [6.45, 7) is -1.34. The number of nitrogens with zero attached hydrogens (tertiary/aromatic N) is 3. The van der Waals surface area contributed by atoms with Gasteiger partial charge in [0.05, 0.1) is 0 Å². The van der Waals surface area contributed by atoms with Crippen LogP contribution in [0.15, 0.2) is 5.83 Å². The molecule has 0 aromatic carbocycles. The van der Waals surface area contributed by atoms with E-state index >= 15 is 0 Å². The Kier molecular flexibility index (Phi) is 5.52. The van der Waals surface area contributed by atoms with Crippen molar-refractivity contribution in [2.24, 2.45) is 0 Å². The summed E-state index contributed by atoms with van der Waals surface area (Å²) in [7, 11) is 0. The topological polar surface area (TPSA) is 70.9 Å². The molecule has 10 heteroatoms. The maximum atomic E-state index is 13.9. The number of alkyl halides is 3. The lowest BCUT2D eigenvalue weighted by molar-refractivity contribution is 0.112. The van der Waals surface area contributed by atoms with E-state index in [1.807, 2.05) is 0 Å². The van der Waals surface area contributed by atoms with Crippen LogP contribution >= 0.6 is 11.6 Å². The van der Waals surface area contributed by atoms with E-state index in [1.54, 1.807) is 0 Å². The molecular weight excluding hydrogens is 328 g/mol. The molecule has 2 unspecified atom stereocenters. The van der Waals surface area contributed by atoms with Gasteiger partial charge in [0.1, 0.15) is 24.6 Å². The average molecular weight is 341 g/mol. The van der Waals surface area contributed by atoms with E-state index in [-0.39, 0.29) is 35.5 Å². The minimum Gasteiger partial charge on any atom is -0.386 e. The van der Waals surface area contributed by atoms with Gasteiger partial charge in [-0.1, -0.05) is 0 Å². The Hall–Kier alpha value is -1.48. The molecular formula is C12H13ClF4N4O. The Morgan fingerprint density at radius 2 is 2.05 bits per heavy atom. The van der Waals surface area contributed by atoms with Crippen LogP contribution in [0.25, 0.3) is 5.57 Å². The molecule has 1 aliphatic rings. The number of allylic oxidation sites excluding steroid dienone is 1. The predicted octanol–water partition coefficient (Wildman–Crippen LogP) is 2.77. The van der Waals surface area contributed by atoms with Crippen molar-refractivity contribution in [3.05, 3.63) is 16.9 Å². The Morgan fingerprint density at radius 3 is 2.68 bits per heavy atom. The van der Waals surface area contributed by atoms with Crippen LogP contribution < -0.4 is 5.32 Å². The lowest BCUT2D eigenvalue weighted by atomic mass is 9.96. The second-order valence-electron chi connectivity index (χ2n) is 4.73. The minimum absolute atomic E-state index is 0.0416. The quantitative estimate of drug-likeness (QED) is 0.807. The van der Waals surface area contributed by atoms with Crippen LogP contribution in [0.1, 0.15) is 25.1 Å². The SMILES string of the molecule is OC1CCCC(c2nc(Cl)nc(NC(CF)C(F)F)n2)=C1F. The van der Waals surface area contributed by atoms with Crippen LogP contribution in [0.2, 0.25) is 5.28 Å². The third-order valence-electron chi connectivity index (χ3n) is 3.15. The van der Waals surface area contributed by atoms with Crippen molar-refractivity contribution in [1.29, 1.82) is 0 Å². The predicted molar refractivity (Wildman–Crippen MR) is 72.1 cm³/mol. The van der Waals surface area contributed by atoms with Crippen LogP contribution in [-0.4, -0.2) is 45.3 Å². The number of anilines is 1. The lowest BCUT2D eigenvalue weighted by Gasteiger charge is -2.19. The summed E-state index contributed by atoms with van der Waals surface area (Å²) in [6, 6.07) is -1.80. The molecule has 2 rings (SSSR count). The van der Waals surface area contributed by atoms with E-state index in [2.05, 4.69) is 20.3 Å². The van der Waals surface area contributed by atoms with Gasteiger partial charge in [0, 0.05) is 5.57 Å². The fourth-order valence-electron chi connectivity index (χ4n) is 2.02. The molecule has 2 N–H and O–H groups in total. The highest BCUT2D eigenvalue weighted by Gasteiger charge is 2.26. The smallest absolute Gasteiger partial charge is 0.261 e. The molecule has 5 nitrogen and oxygen atoms in total. The van der Waals surface area contributed by atoms with Crippen molar-refractivity contribution in [2.75, 3.05) is 12.0 Å². The molecule has 22 heavy (non-hydrogen) atoms. The molecule has 0 aliphatic heterocycles. The van der Waals surface area contributed by atoms with Crippen molar-refractivity contribution < 1.29 is 22.7 Å². The van der Waals surface area contributed by atoms with E-state index in [1.165, 1.54) is 0 Å². The molecule has 122 valence electrons. The summed E-state index contributed by atoms with van der Waals surface area (Å²) >= 11 is 5.67. The second-order valence-corrected chi connectivity index (χ2v) is 5.06. The molecule has 0 bridgehead atoms. The van der Waals surface area contributed by atoms with Gasteiger partial charge < -0.3 is 10.4 Å². The lowest BCUT2D eigenvalue weighted by Crippen LogP contribution is -2.31. The number of hydrogen-bond donors (Lipinski definition) is 2. The largest absolute Gasteiger partial charge is 0.386 e. The highest BCUT2D eigenvalue weighted by molar-refractivity contribution is 6.28. The molecule has 1 aromatic heterocycles. The highest BCUT2D eigenvalue weighted by atomic mass is 35.5. The molecule has 2 atom stereocenters. The monoisotopic (exact) mass is 340 g/mol. The number of aliphatic hydroxyl groups excluding tert-OH is 1. The third-order valence-corrected chi connectivity index (χ3v) is 3.32. The first-order valence-electron chi connectivity index (χ1n) is 6.51. The van der Waals surface area contributed by atoms with Crippen LogP contribution in [0.3, 0.4) is 0 Å². The number of aliphatic hydroxyl groups is 1. The molecule has 0 radical (unpaired) electrons. The number of nitrogens with one attached hydrogen (secondary N) is 1. The first kappa shape index (κ1) is 16.9. The van der Waals surface area contributed by atoms with Gasteiger partial charge >= 0.3 is 0 Å². The second kappa shape index (κ2) is 7.19. The zero-order valence-electron chi connectivity index (χ0n) is 11.2. The fourth-order valence-corrected chi connectivity index (χ4v) is 2.18. The van der Waals surface area contributed by atoms with E-state index in [0.29, 0.717) is 6.42 Å². The summed E-state index contributed by atoms with van der Waals surface area (Å²) in [6.07, 6.45) is -3.18. The Labute approximate surface area is 128 Å². The van der Waals surface area contributed by atoms with Crippen molar-refractivity contribution in [2.45, 2.75) is 37.8 Å². The summed E-state index contributed by atoms with van der Waals surface area (Å²) < 4.78 is 51.5. The van der Waals surface area contributed by atoms with Gasteiger partial charge in [-0.2, -0.15) is 15.0 Å². The van der Waals surface area contributed by atoms with Crippen LogP contribution in [0.5, 0.6) is 0 Å². The van der Waals surface area contributed by atoms with Gasteiger partial charge in [0.2, 0.25) is 11.2 Å². The number of rotatable bonds is 5. The van der Waals surface area contributed by atoms with E-state index < -0.39 is 31.1 Å². The van der Waals surface area contributed by atoms with Crippen LogP contribution in [0.4, 0.5) is 23.5 Å².